The molecule has 1 heterocycles. The van der Waals surface area contributed by atoms with E-state index in [2.05, 4.69) is 6.58 Å². The monoisotopic (exact) mass is 795 g/mol. The van der Waals surface area contributed by atoms with Gasteiger partial charge in [0.25, 0.3) is 6.47 Å². The highest BCUT2D eigenvalue weighted by atomic mass is 32.1. The average Bonchev–Trinajstić information content (AvgIpc) is 3.67. The third kappa shape index (κ3) is 12.0. The molecule has 0 N–H and O–H groups in total. The second kappa shape index (κ2) is 21.1. The molecule has 0 unspecified atom stereocenters. The molecule has 4 aromatic rings. The van der Waals surface area contributed by atoms with Gasteiger partial charge in [-0.1, -0.05) is 49.3 Å². The number of hydrogen-bond acceptors (Lipinski definition) is 13. The molecule has 3 aromatic carbocycles. The van der Waals surface area contributed by atoms with Crippen molar-refractivity contribution >= 4 is 57.3 Å². The first-order chi connectivity index (χ1) is 27.9. The fraction of sp³-hybridized carbons (Fsp3) is 0.409. The molecule has 300 valence electrons. The minimum atomic E-state index is -0.402. The van der Waals surface area contributed by atoms with Crippen LogP contribution in [-0.2, 0) is 23.9 Å². The second-order valence-electron chi connectivity index (χ2n) is 14.3. The molecule has 2 saturated carbocycles. The van der Waals surface area contributed by atoms with E-state index in [9.17, 15) is 19.2 Å². The molecule has 0 spiro atoms. The largest absolute Gasteiger partial charge is 0.494 e. The highest BCUT2D eigenvalue weighted by Crippen LogP contribution is 2.35. The second-order valence-corrected chi connectivity index (χ2v) is 15.3. The molecule has 6 rings (SSSR count). The molecule has 1 aromatic heterocycles. The number of hydrogen-bond donors (Lipinski definition) is 0. The Morgan fingerprint density at radius 2 is 1.46 bits per heavy atom. The van der Waals surface area contributed by atoms with Crippen molar-refractivity contribution in [2.75, 3.05) is 18.2 Å². The van der Waals surface area contributed by atoms with Crippen molar-refractivity contribution in [2.24, 2.45) is 16.9 Å². The number of benzene rings is 3. The van der Waals surface area contributed by atoms with Gasteiger partial charge in [-0.3, -0.25) is 14.4 Å². The van der Waals surface area contributed by atoms with Crippen LogP contribution in [-0.4, -0.2) is 54.8 Å². The van der Waals surface area contributed by atoms with E-state index in [1.165, 1.54) is 6.42 Å². The smallest absolute Gasteiger partial charge is 0.330 e. The first-order valence-corrected chi connectivity index (χ1v) is 20.6. The van der Waals surface area contributed by atoms with Crippen molar-refractivity contribution < 1.29 is 42.9 Å². The van der Waals surface area contributed by atoms with Crippen molar-refractivity contribution in [3.05, 3.63) is 84.9 Å². The fourth-order valence-electron chi connectivity index (χ4n) is 7.10. The Labute approximate surface area is 336 Å². The van der Waals surface area contributed by atoms with Crippen LogP contribution >= 0.6 is 11.3 Å². The van der Waals surface area contributed by atoms with Gasteiger partial charge in [-0.25, -0.2) is 14.8 Å². The lowest BCUT2D eigenvalue weighted by molar-refractivity contribution is -0.145. The van der Waals surface area contributed by atoms with Gasteiger partial charge in [0, 0.05) is 11.6 Å². The Morgan fingerprint density at radius 1 is 0.789 bits per heavy atom. The molecule has 0 aliphatic heterocycles. The number of esters is 3. The highest BCUT2D eigenvalue weighted by molar-refractivity contribution is 7.22. The molecule has 2 fully saturated rings. The third-order valence-corrected chi connectivity index (χ3v) is 11.3. The number of unbranched alkanes of at least 4 members (excludes halogenated alkanes) is 3. The van der Waals surface area contributed by atoms with Gasteiger partial charge in [0.05, 0.1) is 47.5 Å². The molecule has 12 nitrogen and oxygen atoms in total. The number of para-hydroxylation sites is 1. The summed E-state index contributed by atoms with van der Waals surface area (Å²) in [5.41, 5.74) is 1.40. The summed E-state index contributed by atoms with van der Waals surface area (Å²) < 4.78 is 28.6. The average molecular weight is 796 g/mol. The van der Waals surface area contributed by atoms with Gasteiger partial charge >= 0.3 is 17.9 Å². The molecular formula is C44H49N3O9S. The minimum absolute atomic E-state index is 0.173. The molecule has 0 bridgehead atoms. The fourth-order valence-corrected chi connectivity index (χ4v) is 8.09. The van der Waals surface area contributed by atoms with Crippen LogP contribution in [0.5, 0.6) is 23.0 Å². The Hall–Kier alpha value is -5.56. The standard InChI is InChI=1S/C44H49N3O9S/c1-2-41(49)53-27-11-4-3-10-26-52-35-20-22-36(23-21-35)55-42(50)31-16-18-32(19-17-31)43(51)56-39-25-24-37(54-30-48)28-33(39)29-45-47(34-12-6-5-7-13-34)44-46-38-14-8-9-15-40(38)57-44/h2,8-9,14-15,20-25,28-32,34H,1,3-7,10-13,16-19,26-27H2/b45-29+/t31-,32-. The van der Waals surface area contributed by atoms with Gasteiger partial charge < -0.3 is 23.7 Å². The van der Waals surface area contributed by atoms with E-state index in [1.54, 1.807) is 60.0 Å². The van der Waals surface area contributed by atoms with E-state index >= 15 is 0 Å². The van der Waals surface area contributed by atoms with E-state index in [1.807, 2.05) is 29.3 Å². The quantitative estimate of drug-likeness (QED) is 0.0171. The predicted molar refractivity (Wildman–Crippen MR) is 218 cm³/mol. The number of rotatable bonds is 19. The third-order valence-electron chi connectivity index (χ3n) is 10.3. The lowest BCUT2D eigenvalue weighted by atomic mass is 9.82. The van der Waals surface area contributed by atoms with Crippen molar-refractivity contribution in [2.45, 2.75) is 89.5 Å². The lowest BCUT2D eigenvalue weighted by Crippen LogP contribution is -2.32. The van der Waals surface area contributed by atoms with Crippen LogP contribution < -0.4 is 24.0 Å². The van der Waals surface area contributed by atoms with Crippen molar-refractivity contribution in [3.8, 4) is 23.0 Å². The van der Waals surface area contributed by atoms with Crippen LogP contribution in [0.2, 0.25) is 0 Å². The summed E-state index contributed by atoms with van der Waals surface area (Å²) in [6.07, 6.45) is 13.7. The summed E-state index contributed by atoms with van der Waals surface area (Å²) in [5.74, 6) is -0.125. The Kier molecular flexibility index (Phi) is 15.2. The van der Waals surface area contributed by atoms with Crippen molar-refractivity contribution in [3.63, 3.8) is 0 Å². The topological polar surface area (TPSA) is 143 Å². The summed E-state index contributed by atoms with van der Waals surface area (Å²) in [5, 5.41) is 7.69. The number of aromatic nitrogens is 1. The zero-order chi connectivity index (χ0) is 39.8. The normalized spacial score (nSPS) is 17.1. The molecular weight excluding hydrogens is 747 g/mol. The number of nitrogens with zero attached hydrogens (tertiary/aromatic N) is 3. The minimum Gasteiger partial charge on any atom is -0.494 e. The number of anilines is 1. The molecule has 2 aliphatic carbocycles. The SMILES string of the molecule is C=CC(=O)OCCCCCCOc1ccc(OC(=O)[C@H]2CC[C@H](C(=O)Oc3ccc(OC=O)cc3/C=N/N(c3nc4ccccc4s3)C3CCCCC3)CC2)cc1. The summed E-state index contributed by atoms with van der Waals surface area (Å²) in [7, 11) is 0. The van der Waals surface area contributed by atoms with Gasteiger partial charge in [0.2, 0.25) is 5.13 Å². The van der Waals surface area contributed by atoms with Gasteiger partial charge in [-0.15, -0.1) is 0 Å². The first kappa shape index (κ1) is 41.1. The number of thiazole rings is 1. The van der Waals surface area contributed by atoms with E-state index in [0.717, 1.165) is 72.8 Å². The van der Waals surface area contributed by atoms with Gasteiger partial charge in [-0.05, 0) is 119 Å². The van der Waals surface area contributed by atoms with Crippen LogP contribution in [0.25, 0.3) is 10.2 Å². The predicted octanol–water partition coefficient (Wildman–Crippen LogP) is 8.99. The van der Waals surface area contributed by atoms with Crippen molar-refractivity contribution in [1.29, 1.82) is 0 Å². The summed E-state index contributed by atoms with van der Waals surface area (Å²) >= 11 is 1.58. The van der Waals surface area contributed by atoms with Gasteiger partial charge in [0.1, 0.15) is 23.0 Å². The Balaban J connectivity index is 0.999. The maximum atomic E-state index is 13.5. The van der Waals surface area contributed by atoms with E-state index in [0.29, 0.717) is 73.9 Å². The number of carbonyl (C=O) groups is 4. The van der Waals surface area contributed by atoms with Crippen LogP contribution in [0.15, 0.2) is 84.5 Å². The number of fused-ring (bicyclic) bond motifs is 1. The summed E-state index contributed by atoms with van der Waals surface area (Å²) in [6, 6.07) is 20.0. The van der Waals surface area contributed by atoms with Crippen molar-refractivity contribution in [1.82, 2.24) is 4.98 Å². The van der Waals surface area contributed by atoms with E-state index < -0.39 is 11.9 Å². The molecule has 2 aliphatic rings. The molecule has 0 amide bonds. The van der Waals surface area contributed by atoms with Crippen LogP contribution in [0.3, 0.4) is 0 Å². The molecule has 13 heteroatoms. The first-order valence-electron chi connectivity index (χ1n) is 19.8. The van der Waals surface area contributed by atoms with Crippen LogP contribution in [0.4, 0.5) is 5.13 Å². The number of carbonyl (C=O) groups excluding carboxylic acids is 4. The van der Waals surface area contributed by atoms with Gasteiger partial charge in [-0.2, -0.15) is 5.10 Å². The van der Waals surface area contributed by atoms with E-state index in [-0.39, 0.29) is 23.9 Å². The molecule has 0 saturated heterocycles. The number of hydrazone groups is 1. The zero-order valence-electron chi connectivity index (χ0n) is 32.1. The summed E-state index contributed by atoms with van der Waals surface area (Å²) in [6.45, 7) is 4.67. The summed E-state index contributed by atoms with van der Waals surface area (Å²) in [4.78, 5) is 53.7. The van der Waals surface area contributed by atoms with Gasteiger partial charge in [0.15, 0.2) is 0 Å². The Bertz CT molecular complexity index is 1970. The zero-order valence-corrected chi connectivity index (χ0v) is 32.9. The van der Waals surface area contributed by atoms with E-state index in [4.69, 9.17) is 33.8 Å². The molecule has 0 radical (unpaired) electrons. The van der Waals surface area contributed by atoms with Crippen LogP contribution in [0, 0.1) is 11.8 Å². The highest BCUT2D eigenvalue weighted by Gasteiger charge is 2.33. The Morgan fingerprint density at radius 3 is 2.16 bits per heavy atom. The molecule has 57 heavy (non-hydrogen) atoms. The maximum Gasteiger partial charge on any atom is 0.330 e. The molecule has 0 atom stereocenters. The van der Waals surface area contributed by atoms with Crippen LogP contribution in [0.1, 0.15) is 89.0 Å². The maximum absolute atomic E-state index is 13.5. The number of ether oxygens (including phenoxy) is 5. The lowest BCUT2D eigenvalue weighted by Gasteiger charge is -2.30.